The third-order valence-corrected chi connectivity index (χ3v) is 1.30. The quantitative estimate of drug-likeness (QED) is 0.588. The van der Waals surface area contributed by atoms with Gasteiger partial charge in [-0.3, -0.25) is 0 Å². The van der Waals surface area contributed by atoms with E-state index in [-0.39, 0.29) is 0 Å². The Bertz CT molecular complexity index is 154. The zero-order valence-corrected chi connectivity index (χ0v) is 5.43. The molecule has 0 aliphatic heterocycles. The van der Waals surface area contributed by atoms with E-state index in [9.17, 15) is 0 Å². The van der Waals surface area contributed by atoms with Crippen molar-refractivity contribution in [2.75, 3.05) is 0 Å². The molecule has 0 aromatic carbocycles. The maximum atomic E-state index is 3.58. The average Bonchev–Trinajstić information content (AvgIpc) is 1.91. The van der Waals surface area contributed by atoms with Crippen molar-refractivity contribution < 1.29 is 0 Å². The molecular formula is C8H11N. The van der Waals surface area contributed by atoms with E-state index in [1.54, 1.807) is 6.20 Å². The summed E-state index contributed by atoms with van der Waals surface area (Å²) in [5.41, 5.74) is 1.26. The van der Waals surface area contributed by atoms with Crippen molar-refractivity contribution >= 4 is 0 Å². The molecule has 0 saturated heterocycles. The molecule has 0 spiro atoms. The van der Waals surface area contributed by atoms with Crippen molar-refractivity contribution in [3.63, 3.8) is 0 Å². The molecule has 0 fully saturated rings. The maximum absolute atomic E-state index is 3.58. The largest absolute Gasteiger partial charge is 0.366 e. The van der Waals surface area contributed by atoms with Gasteiger partial charge >= 0.3 is 0 Å². The van der Waals surface area contributed by atoms with Gasteiger partial charge in [0.25, 0.3) is 0 Å². The summed E-state index contributed by atoms with van der Waals surface area (Å²) in [6.07, 6.45) is 10.3. The molecule has 0 heterocycles. The highest BCUT2D eigenvalue weighted by Gasteiger charge is 1.93. The minimum atomic E-state index is 1.11. The predicted octanol–water partition coefficient (Wildman–Crippen LogP) is 1.95. The first-order valence-electron chi connectivity index (χ1n) is 3.16. The molecule has 1 aliphatic carbocycles. The van der Waals surface area contributed by atoms with Gasteiger partial charge in [0.2, 0.25) is 0 Å². The van der Waals surface area contributed by atoms with Crippen LogP contribution in [-0.2, 0) is 0 Å². The third-order valence-electron chi connectivity index (χ3n) is 1.30. The van der Waals surface area contributed by atoms with Gasteiger partial charge in [0.15, 0.2) is 0 Å². The summed E-state index contributed by atoms with van der Waals surface area (Å²) in [6.45, 7) is 3.58. The molecular weight excluding hydrogens is 110 g/mol. The molecule has 48 valence electrons. The van der Waals surface area contributed by atoms with Gasteiger partial charge in [-0.15, -0.1) is 0 Å². The smallest absolute Gasteiger partial charge is 0.0149 e. The van der Waals surface area contributed by atoms with Crippen molar-refractivity contribution in [3.8, 4) is 0 Å². The molecule has 0 radical (unpaired) electrons. The van der Waals surface area contributed by atoms with Gasteiger partial charge in [-0.1, -0.05) is 18.7 Å². The van der Waals surface area contributed by atoms with E-state index in [0.29, 0.717) is 0 Å². The number of rotatable bonds is 2. The summed E-state index contributed by atoms with van der Waals surface area (Å²) < 4.78 is 0. The Hall–Kier alpha value is -0.980. The monoisotopic (exact) mass is 121 g/mol. The Morgan fingerprint density at radius 3 is 3.11 bits per heavy atom. The highest BCUT2D eigenvalue weighted by molar-refractivity contribution is 5.17. The Balaban J connectivity index is 2.47. The van der Waals surface area contributed by atoms with Gasteiger partial charge < -0.3 is 5.32 Å². The molecule has 1 aliphatic rings. The molecule has 1 nitrogen and oxygen atoms in total. The molecule has 0 saturated carbocycles. The van der Waals surface area contributed by atoms with Gasteiger partial charge in [-0.2, -0.15) is 0 Å². The topological polar surface area (TPSA) is 12.0 Å². The van der Waals surface area contributed by atoms with Crippen molar-refractivity contribution in [1.82, 2.24) is 5.32 Å². The van der Waals surface area contributed by atoms with Crippen molar-refractivity contribution in [2.45, 2.75) is 12.8 Å². The zero-order chi connectivity index (χ0) is 6.53. The van der Waals surface area contributed by atoms with Gasteiger partial charge in [0.05, 0.1) is 0 Å². The van der Waals surface area contributed by atoms with Gasteiger partial charge in [-0.05, 0) is 25.1 Å². The fourth-order valence-electron chi connectivity index (χ4n) is 0.854. The van der Waals surface area contributed by atoms with E-state index in [1.165, 1.54) is 5.70 Å². The van der Waals surface area contributed by atoms with Crippen molar-refractivity contribution in [3.05, 3.63) is 36.7 Å². The van der Waals surface area contributed by atoms with Crippen LogP contribution in [0.4, 0.5) is 0 Å². The van der Waals surface area contributed by atoms with Crippen molar-refractivity contribution in [1.29, 1.82) is 0 Å². The first-order valence-corrected chi connectivity index (χ1v) is 3.16. The number of hydrogen-bond acceptors (Lipinski definition) is 1. The van der Waals surface area contributed by atoms with E-state index in [4.69, 9.17) is 0 Å². The second-order valence-electron chi connectivity index (χ2n) is 2.01. The Kier molecular flexibility index (Phi) is 2.13. The molecule has 9 heavy (non-hydrogen) atoms. The van der Waals surface area contributed by atoms with Crippen LogP contribution in [0.25, 0.3) is 0 Å². The second-order valence-corrected chi connectivity index (χ2v) is 2.01. The van der Waals surface area contributed by atoms with Crippen LogP contribution in [-0.4, -0.2) is 0 Å². The van der Waals surface area contributed by atoms with Crippen LogP contribution in [0.5, 0.6) is 0 Å². The number of allylic oxidation sites excluding steroid dienone is 4. The van der Waals surface area contributed by atoms with E-state index in [1.807, 2.05) is 0 Å². The Morgan fingerprint density at radius 2 is 2.56 bits per heavy atom. The van der Waals surface area contributed by atoms with E-state index in [0.717, 1.165) is 12.8 Å². The van der Waals surface area contributed by atoms with Crippen LogP contribution in [0, 0.1) is 0 Å². The van der Waals surface area contributed by atoms with Crippen LogP contribution in [0.3, 0.4) is 0 Å². The Morgan fingerprint density at radius 1 is 1.67 bits per heavy atom. The minimum absolute atomic E-state index is 1.11. The molecule has 0 bridgehead atoms. The van der Waals surface area contributed by atoms with Crippen LogP contribution >= 0.6 is 0 Å². The zero-order valence-electron chi connectivity index (χ0n) is 5.43. The van der Waals surface area contributed by atoms with Crippen LogP contribution in [0.2, 0.25) is 0 Å². The first kappa shape index (κ1) is 6.14. The average molecular weight is 121 g/mol. The second kappa shape index (κ2) is 3.13. The summed E-state index contributed by atoms with van der Waals surface area (Å²) in [5, 5.41) is 3.06. The molecule has 0 amide bonds. The standard InChI is InChI=1S/C8H11N/c1-2-9-8-6-4-3-5-7-8/h2-4,6,9H,1,5,7H2. The molecule has 0 atom stereocenters. The normalized spacial score (nSPS) is 16.7. The lowest BCUT2D eigenvalue weighted by Gasteiger charge is -2.06. The summed E-state index contributed by atoms with van der Waals surface area (Å²) >= 11 is 0. The third kappa shape index (κ3) is 1.76. The fourth-order valence-corrected chi connectivity index (χ4v) is 0.854. The van der Waals surface area contributed by atoms with E-state index < -0.39 is 0 Å². The molecule has 0 aromatic heterocycles. The minimum Gasteiger partial charge on any atom is -0.366 e. The highest BCUT2D eigenvalue weighted by Crippen LogP contribution is 2.07. The maximum Gasteiger partial charge on any atom is 0.0149 e. The fraction of sp³-hybridized carbons (Fsp3) is 0.250. The van der Waals surface area contributed by atoms with E-state index >= 15 is 0 Å². The molecule has 1 N–H and O–H groups in total. The summed E-state index contributed by atoms with van der Waals surface area (Å²) in [6, 6.07) is 0. The van der Waals surface area contributed by atoms with Gasteiger partial charge in [0.1, 0.15) is 0 Å². The molecule has 0 aromatic rings. The Labute approximate surface area is 55.8 Å². The lowest BCUT2D eigenvalue weighted by Crippen LogP contribution is -2.04. The lowest BCUT2D eigenvalue weighted by atomic mass is 10.1. The summed E-state index contributed by atoms with van der Waals surface area (Å²) in [4.78, 5) is 0. The van der Waals surface area contributed by atoms with Crippen molar-refractivity contribution in [2.24, 2.45) is 0 Å². The molecule has 0 unspecified atom stereocenters. The number of hydrogen-bond donors (Lipinski definition) is 1. The molecule has 1 heteroatoms. The highest BCUT2D eigenvalue weighted by atomic mass is 14.8. The summed E-state index contributed by atoms with van der Waals surface area (Å²) in [7, 11) is 0. The van der Waals surface area contributed by atoms with E-state index in [2.05, 4.69) is 30.1 Å². The SMILES string of the molecule is C=CNC1=CC=CCC1. The predicted molar refractivity (Wildman–Crippen MR) is 39.8 cm³/mol. The van der Waals surface area contributed by atoms with Crippen LogP contribution in [0.15, 0.2) is 36.7 Å². The first-order chi connectivity index (χ1) is 4.43. The lowest BCUT2D eigenvalue weighted by molar-refractivity contribution is 0.871. The van der Waals surface area contributed by atoms with Gasteiger partial charge in [0, 0.05) is 5.70 Å². The van der Waals surface area contributed by atoms with Gasteiger partial charge in [-0.25, -0.2) is 0 Å². The van der Waals surface area contributed by atoms with Crippen LogP contribution < -0.4 is 5.32 Å². The van der Waals surface area contributed by atoms with Crippen LogP contribution in [0.1, 0.15) is 12.8 Å². The summed E-state index contributed by atoms with van der Waals surface area (Å²) in [5.74, 6) is 0. The number of nitrogens with one attached hydrogen (secondary N) is 1. The molecule has 1 rings (SSSR count).